The van der Waals surface area contributed by atoms with E-state index in [9.17, 15) is 0 Å². The predicted octanol–water partition coefficient (Wildman–Crippen LogP) is 2.81. The maximum absolute atomic E-state index is 6.31. The Hall–Kier alpha value is -2.96. The van der Waals surface area contributed by atoms with E-state index in [1.807, 2.05) is 18.2 Å². The van der Waals surface area contributed by atoms with Crippen molar-refractivity contribution in [2.24, 2.45) is 0 Å². The molecule has 2 aromatic heterocycles. The number of fused-ring (bicyclic) bond motifs is 1. The Morgan fingerprint density at radius 1 is 1.04 bits per heavy atom. The van der Waals surface area contributed by atoms with Gasteiger partial charge in [-0.2, -0.15) is 4.98 Å². The third-order valence-corrected chi connectivity index (χ3v) is 5.21. The van der Waals surface area contributed by atoms with Gasteiger partial charge >= 0.3 is 0 Å². The number of hydrogen-bond donors (Lipinski definition) is 0. The number of rotatable bonds is 2. The number of benzene rings is 1. The van der Waals surface area contributed by atoms with Gasteiger partial charge in [0.2, 0.25) is 0 Å². The Bertz CT molecular complexity index is 902. The maximum atomic E-state index is 6.31. The second-order valence-electron chi connectivity index (χ2n) is 6.98. The molecule has 4 heterocycles. The molecule has 0 aliphatic carbocycles. The van der Waals surface area contributed by atoms with E-state index in [0.29, 0.717) is 17.4 Å². The van der Waals surface area contributed by atoms with E-state index in [2.05, 4.69) is 43.4 Å². The van der Waals surface area contributed by atoms with Crippen molar-refractivity contribution in [1.29, 1.82) is 0 Å². The Kier molecular flexibility index (Phi) is 3.41. The van der Waals surface area contributed by atoms with Gasteiger partial charge in [0.15, 0.2) is 17.3 Å². The molecule has 0 unspecified atom stereocenters. The van der Waals surface area contributed by atoms with Gasteiger partial charge in [-0.05, 0) is 30.7 Å². The highest BCUT2D eigenvalue weighted by molar-refractivity contribution is 5.50. The molecule has 7 heteroatoms. The highest BCUT2D eigenvalue weighted by atomic mass is 16.5. The second kappa shape index (κ2) is 5.79. The fourth-order valence-electron chi connectivity index (χ4n) is 3.80. The van der Waals surface area contributed by atoms with Gasteiger partial charge in [-0.25, -0.2) is 0 Å². The molecule has 0 amide bonds. The zero-order valence-electron chi connectivity index (χ0n) is 14.6. The first kappa shape index (κ1) is 15.3. The van der Waals surface area contributed by atoms with Crippen molar-refractivity contribution in [2.75, 3.05) is 18.0 Å². The van der Waals surface area contributed by atoms with Gasteiger partial charge in [0.05, 0.1) is 0 Å². The molecule has 0 atom stereocenters. The molecular weight excluding hydrogens is 330 g/mol. The lowest BCUT2D eigenvalue weighted by molar-refractivity contribution is 0.0666. The standard InChI is InChI=1S/C19H19N5O2/c1-13-20-18(26-23-13)15-6-7-17(22-21-15)24-10-8-19(9-11-24)12-14-4-2-3-5-16(14)25-19/h2-7H,8-12H2,1H3. The molecule has 2 aliphatic heterocycles. The maximum Gasteiger partial charge on any atom is 0.278 e. The van der Waals surface area contributed by atoms with Crippen LogP contribution < -0.4 is 9.64 Å². The lowest BCUT2D eigenvalue weighted by Crippen LogP contribution is -2.47. The van der Waals surface area contributed by atoms with E-state index in [0.717, 1.165) is 43.9 Å². The summed E-state index contributed by atoms with van der Waals surface area (Å²) >= 11 is 0. The number of piperidine rings is 1. The van der Waals surface area contributed by atoms with Crippen LogP contribution in [0.15, 0.2) is 40.9 Å². The van der Waals surface area contributed by atoms with Crippen molar-refractivity contribution in [3.05, 3.63) is 47.8 Å². The molecule has 1 saturated heterocycles. The fourth-order valence-corrected chi connectivity index (χ4v) is 3.80. The topological polar surface area (TPSA) is 77.2 Å². The van der Waals surface area contributed by atoms with E-state index in [1.165, 1.54) is 5.56 Å². The van der Waals surface area contributed by atoms with Crippen molar-refractivity contribution >= 4 is 5.82 Å². The molecule has 1 fully saturated rings. The van der Waals surface area contributed by atoms with Gasteiger partial charge in [-0.1, -0.05) is 23.4 Å². The molecule has 132 valence electrons. The van der Waals surface area contributed by atoms with E-state index < -0.39 is 0 Å². The Labute approximate surface area is 151 Å². The van der Waals surface area contributed by atoms with Gasteiger partial charge in [0.25, 0.3) is 5.89 Å². The molecule has 1 spiro atoms. The highest BCUT2D eigenvalue weighted by Crippen LogP contribution is 2.41. The lowest BCUT2D eigenvalue weighted by atomic mass is 9.87. The van der Waals surface area contributed by atoms with Crippen LogP contribution in [-0.2, 0) is 6.42 Å². The molecule has 7 nitrogen and oxygen atoms in total. The Morgan fingerprint density at radius 2 is 1.88 bits per heavy atom. The molecule has 5 rings (SSSR count). The lowest BCUT2D eigenvalue weighted by Gasteiger charge is -2.39. The van der Waals surface area contributed by atoms with Crippen molar-refractivity contribution in [3.63, 3.8) is 0 Å². The Balaban J connectivity index is 1.27. The predicted molar refractivity (Wildman–Crippen MR) is 95.0 cm³/mol. The van der Waals surface area contributed by atoms with Crippen LogP contribution in [0.3, 0.4) is 0 Å². The molecule has 26 heavy (non-hydrogen) atoms. The van der Waals surface area contributed by atoms with Crippen LogP contribution >= 0.6 is 0 Å². The van der Waals surface area contributed by atoms with E-state index >= 15 is 0 Å². The second-order valence-corrected chi connectivity index (χ2v) is 6.98. The summed E-state index contributed by atoms with van der Waals surface area (Å²) in [6, 6.07) is 12.2. The summed E-state index contributed by atoms with van der Waals surface area (Å²) in [5.74, 6) is 2.90. The van der Waals surface area contributed by atoms with E-state index in [1.54, 1.807) is 6.92 Å². The first-order valence-electron chi connectivity index (χ1n) is 8.87. The number of ether oxygens (including phenoxy) is 1. The summed E-state index contributed by atoms with van der Waals surface area (Å²) < 4.78 is 11.4. The van der Waals surface area contributed by atoms with Crippen molar-refractivity contribution in [1.82, 2.24) is 20.3 Å². The molecular formula is C19H19N5O2. The summed E-state index contributed by atoms with van der Waals surface area (Å²) in [5.41, 5.74) is 1.85. The quantitative estimate of drug-likeness (QED) is 0.704. The smallest absolute Gasteiger partial charge is 0.278 e. The average molecular weight is 349 g/mol. The first-order chi connectivity index (χ1) is 12.7. The average Bonchev–Trinajstić information content (AvgIpc) is 3.26. The van der Waals surface area contributed by atoms with E-state index in [4.69, 9.17) is 9.26 Å². The van der Waals surface area contributed by atoms with Crippen molar-refractivity contribution in [3.8, 4) is 17.3 Å². The molecule has 0 radical (unpaired) electrons. The normalized spacial score (nSPS) is 18.0. The summed E-state index contributed by atoms with van der Waals surface area (Å²) in [6.45, 7) is 3.59. The minimum Gasteiger partial charge on any atom is -0.487 e. The molecule has 2 aliphatic rings. The van der Waals surface area contributed by atoms with E-state index in [-0.39, 0.29) is 5.60 Å². The largest absolute Gasteiger partial charge is 0.487 e. The van der Waals surface area contributed by atoms with Crippen molar-refractivity contribution in [2.45, 2.75) is 31.8 Å². The van der Waals surface area contributed by atoms with Crippen LogP contribution in [0.1, 0.15) is 24.2 Å². The van der Waals surface area contributed by atoms with Crippen LogP contribution in [-0.4, -0.2) is 39.0 Å². The van der Waals surface area contributed by atoms with Crippen molar-refractivity contribution < 1.29 is 9.26 Å². The summed E-state index contributed by atoms with van der Waals surface area (Å²) in [7, 11) is 0. The fraction of sp³-hybridized carbons (Fsp3) is 0.368. The van der Waals surface area contributed by atoms with Gasteiger partial charge in [0.1, 0.15) is 11.4 Å². The van der Waals surface area contributed by atoms with Crippen LogP contribution in [0.5, 0.6) is 5.75 Å². The van der Waals surface area contributed by atoms with Crippen LogP contribution in [0.25, 0.3) is 11.6 Å². The van der Waals surface area contributed by atoms with Crippen LogP contribution in [0.2, 0.25) is 0 Å². The molecule has 1 aromatic carbocycles. The molecule has 0 bridgehead atoms. The number of aryl methyl sites for hydroxylation is 1. The van der Waals surface area contributed by atoms with Gasteiger partial charge in [-0.3, -0.25) is 0 Å². The monoisotopic (exact) mass is 349 g/mol. The highest BCUT2D eigenvalue weighted by Gasteiger charge is 2.42. The first-order valence-corrected chi connectivity index (χ1v) is 8.87. The molecule has 0 saturated carbocycles. The van der Waals surface area contributed by atoms with Gasteiger partial charge in [0, 0.05) is 32.4 Å². The summed E-state index contributed by atoms with van der Waals surface area (Å²) in [4.78, 5) is 6.44. The zero-order valence-corrected chi connectivity index (χ0v) is 14.6. The Morgan fingerprint density at radius 3 is 2.58 bits per heavy atom. The minimum absolute atomic E-state index is 0.0607. The SMILES string of the molecule is Cc1noc(-c2ccc(N3CCC4(CC3)Cc3ccccc3O4)nn2)n1. The number of aromatic nitrogens is 4. The number of nitrogens with zero attached hydrogens (tertiary/aromatic N) is 5. The third kappa shape index (κ3) is 2.60. The van der Waals surface area contributed by atoms with Crippen LogP contribution in [0, 0.1) is 6.92 Å². The van der Waals surface area contributed by atoms with Gasteiger partial charge in [-0.15, -0.1) is 10.2 Å². The molecule has 3 aromatic rings. The van der Waals surface area contributed by atoms with Gasteiger partial charge < -0.3 is 14.2 Å². The summed E-state index contributed by atoms with van der Waals surface area (Å²) in [5, 5.41) is 12.4. The zero-order chi connectivity index (χ0) is 17.6. The molecule has 0 N–H and O–H groups in total. The number of para-hydroxylation sites is 1. The summed E-state index contributed by atoms with van der Waals surface area (Å²) in [6.07, 6.45) is 2.96. The third-order valence-electron chi connectivity index (χ3n) is 5.21. The van der Waals surface area contributed by atoms with Crippen LogP contribution in [0.4, 0.5) is 5.82 Å². The minimum atomic E-state index is -0.0607. The number of anilines is 1. The number of hydrogen-bond acceptors (Lipinski definition) is 7.